The highest BCUT2D eigenvalue weighted by atomic mass is 16.5. The summed E-state index contributed by atoms with van der Waals surface area (Å²) in [6.45, 7) is 8.99. The van der Waals surface area contributed by atoms with Gasteiger partial charge in [-0.2, -0.15) is 0 Å². The van der Waals surface area contributed by atoms with Crippen molar-refractivity contribution in [2.24, 2.45) is 0 Å². The van der Waals surface area contributed by atoms with Gasteiger partial charge in [-0.25, -0.2) is 0 Å². The minimum atomic E-state index is 0.233. The second-order valence-electron chi connectivity index (χ2n) is 3.62. The van der Waals surface area contributed by atoms with E-state index < -0.39 is 0 Å². The monoisotopic (exact) mass is 217 g/mol. The van der Waals surface area contributed by atoms with E-state index in [-0.39, 0.29) is 5.91 Å². The molecule has 0 radical (unpaired) electrons. The van der Waals surface area contributed by atoms with E-state index in [4.69, 9.17) is 4.74 Å². The van der Waals surface area contributed by atoms with Gasteiger partial charge in [0.25, 0.3) is 0 Å². The molecular weight excluding hydrogens is 190 g/mol. The lowest BCUT2D eigenvalue weighted by Gasteiger charge is -2.13. The first-order valence-electron chi connectivity index (χ1n) is 5.80. The first-order valence-corrected chi connectivity index (χ1v) is 5.80. The van der Waals surface area contributed by atoms with Gasteiger partial charge in [-0.05, 0) is 19.8 Å². The molecule has 3 nitrogen and oxygen atoms in total. The summed E-state index contributed by atoms with van der Waals surface area (Å²) in [7, 11) is 3.57. The Kier molecular flexibility index (Phi) is 12.9. The van der Waals surface area contributed by atoms with E-state index in [0.717, 1.165) is 19.4 Å². The number of hydrogen-bond acceptors (Lipinski definition) is 2. The zero-order valence-corrected chi connectivity index (χ0v) is 11.2. The first-order chi connectivity index (χ1) is 7.03. The fourth-order valence-corrected chi connectivity index (χ4v) is 0.897. The lowest BCUT2D eigenvalue weighted by Crippen LogP contribution is -2.26. The summed E-state index contributed by atoms with van der Waals surface area (Å²) < 4.78 is 4.90. The van der Waals surface area contributed by atoms with Crippen LogP contribution in [0.4, 0.5) is 0 Å². The van der Waals surface area contributed by atoms with Crippen molar-refractivity contribution in [3.8, 4) is 0 Å². The van der Waals surface area contributed by atoms with Crippen LogP contribution < -0.4 is 0 Å². The molecule has 0 aliphatic carbocycles. The summed E-state index contributed by atoms with van der Waals surface area (Å²) >= 11 is 0. The number of carbonyl (C=O) groups is 1. The van der Waals surface area contributed by atoms with Gasteiger partial charge in [0.2, 0.25) is 5.91 Å². The highest BCUT2D eigenvalue weighted by molar-refractivity contribution is 5.75. The molecule has 0 spiro atoms. The molecule has 0 heterocycles. The standard InChI is InChI=1S/C7H15NO.C5H12O/c1-4-6-8(3)7(9)5-2;1-4-5(2)6-3/h4-6H2,1-3H3;5H,4H2,1-3H3. The van der Waals surface area contributed by atoms with Crippen molar-refractivity contribution >= 4 is 5.91 Å². The van der Waals surface area contributed by atoms with Crippen LogP contribution in [0.15, 0.2) is 0 Å². The third-order valence-electron chi connectivity index (χ3n) is 2.26. The fraction of sp³-hybridized carbons (Fsp3) is 0.917. The maximum Gasteiger partial charge on any atom is 0.222 e. The van der Waals surface area contributed by atoms with Crippen molar-refractivity contribution in [3.05, 3.63) is 0 Å². The van der Waals surface area contributed by atoms with Crippen molar-refractivity contribution in [2.75, 3.05) is 20.7 Å². The molecule has 0 saturated carbocycles. The van der Waals surface area contributed by atoms with E-state index in [1.165, 1.54) is 0 Å². The highest BCUT2D eigenvalue weighted by Crippen LogP contribution is 1.90. The molecule has 1 amide bonds. The number of rotatable bonds is 5. The van der Waals surface area contributed by atoms with Crippen LogP contribution in [0.2, 0.25) is 0 Å². The molecule has 3 heteroatoms. The minimum Gasteiger partial charge on any atom is -0.382 e. The summed E-state index contributed by atoms with van der Waals surface area (Å²) in [5.41, 5.74) is 0. The number of carbonyl (C=O) groups excluding carboxylic acids is 1. The van der Waals surface area contributed by atoms with Crippen molar-refractivity contribution in [2.45, 2.75) is 53.1 Å². The van der Waals surface area contributed by atoms with Crippen LogP contribution in [-0.2, 0) is 9.53 Å². The lowest BCUT2D eigenvalue weighted by atomic mass is 10.3. The van der Waals surface area contributed by atoms with Crippen LogP contribution in [0.1, 0.15) is 47.0 Å². The Balaban J connectivity index is 0. The van der Waals surface area contributed by atoms with Gasteiger partial charge in [0.05, 0.1) is 6.10 Å². The molecule has 1 atom stereocenters. The molecule has 0 rings (SSSR count). The van der Waals surface area contributed by atoms with E-state index in [1.807, 2.05) is 14.0 Å². The van der Waals surface area contributed by atoms with Crippen molar-refractivity contribution in [3.63, 3.8) is 0 Å². The second-order valence-corrected chi connectivity index (χ2v) is 3.62. The maximum absolute atomic E-state index is 10.8. The molecule has 15 heavy (non-hydrogen) atoms. The third-order valence-corrected chi connectivity index (χ3v) is 2.26. The summed E-state index contributed by atoms with van der Waals surface area (Å²) in [6.07, 6.45) is 3.21. The Hall–Kier alpha value is -0.570. The smallest absolute Gasteiger partial charge is 0.222 e. The number of ether oxygens (including phenoxy) is 1. The zero-order chi connectivity index (χ0) is 12.3. The molecule has 0 aliphatic rings. The number of nitrogens with zero attached hydrogens (tertiary/aromatic N) is 1. The number of methoxy groups -OCH3 is 1. The zero-order valence-electron chi connectivity index (χ0n) is 11.2. The fourth-order valence-electron chi connectivity index (χ4n) is 0.897. The SMILES string of the molecule is CCC(C)OC.CCCN(C)C(=O)CC. The summed E-state index contributed by atoms with van der Waals surface area (Å²) in [5, 5.41) is 0. The van der Waals surface area contributed by atoms with Gasteiger partial charge in [-0.3, -0.25) is 4.79 Å². The average Bonchev–Trinajstić information content (AvgIpc) is 2.27. The predicted molar refractivity (Wildman–Crippen MR) is 65.0 cm³/mol. The van der Waals surface area contributed by atoms with Gasteiger partial charge >= 0.3 is 0 Å². The summed E-state index contributed by atoms with van der Waals surface area (Å²) in [4.78, 5) is 12.6. The van der Waals surface area contributed by atoms with Crippen molar-refractivity contribution in [1.29, 1.82) is 0 Å². The van der Waals surface area contributed by atoms with Crippen molar-refractivity contribution in [1.82, 2.24) is 4.90 Å². The third kappa shape index (κ3) is 11.4. The van der Waals surface area contributed by atoms with Gasteiger partial charge in [0, 0.05) is 27.1 Å². The van der Waals surface area contributed by atoms with Gasteiger partial charge in [0.1, 0.15) is 0 Å². The van der Waals surface area contributed by atoms with Crippen LogP contribution in [0.5, 0.6) is 0 Å². The van der Waals surface area contributed by atoms with Gasteiger partial charge < -0.3 is 9.64 Å². The summed E-state index contributed by atoms with van der Waals surface area (Å²) in [5.74, 6) is 0.233. The number of amides is 1. The van der Waals surface area contributed by atoms with E-state index in [0.29, 0.717) is 12.5 Å². The largest absolute Gasteiger partial charge is 0.382 e. The first kappa shape index (κ1) is 16.8. The maximum atomic E-state index is 10.8. The van der Waals surface area contributed by atoms with Gasteiger partial charge in [-0.1, -0.05) is 20.8 Å². The normalized spacial score (nSPS) is 11.3. The van der Waals surface area contributed by atoms with Crippen LogP contribution in [-0.4, -0.2) is 37.6 Å². The second kappa shape index (κ2) is 11.5. The van der Waals surface area contributed by atoms with Gasteiger partial charge in [0.15, 0.2) is 0 Å². The predicted octanol–water partition coefficient (Wildman–Crippen LogP) is 2.70. The van der Waals surface area contributed by atoms with E-state index in [2.05, 4.69) is 20.8 Å². The average molecular weight is 217 g/mol. The van der Waals surface area contributed by atoms with Gasteiger partial charge in [-0.15, -0.1) is 0 Å². The molecular formula is C12H27NO2. The summed E-state index contributed by atoms with van der Waals surface area (Å²) in [6, 6.07) is 0. The topological polar surface area (TPSA) is 29.5 Å². The Labute approximate surface area is 94.8 Å². The molecule has 0 aliphatic heterocycles. The molecule has 0 saturated heterocycles. The Morgan fingerprint density at radius 2 is 1.87 bits per heavy atom. The molecule has 0 bridgehead atoms. The molecule has 0 aromatic carbocycles. The molecule has 0 aromatic rings. The van der Waals surface area contributed by atoms with E-state index in [9.17, 15) is 4.79 Å². The van der Waals surface area contributed by atoms with Crippen molar-refractivity contribution < 1.29 is 9.53 Å². The Bertz CT molecular complexity index is 145. The van der Waals surface area contributed by atoms with Crippen LogP contribution in [0.25, 0.3) is 0 Å². The van der Waals surface area contributed by atoms with E-state index >= 15 is 0 Å². The molecule has 0 N–H and O–H groups in total. The molecule has 1 unspecified atom stereocenters. The highest BCUT2D eigenvalue weighted by Gasteiger charge is 2.01. The lowest BCUT2D eigenvalue weighted by molar-refractivity contribution is -0.129. The molecule has 0 aromatic heterocycles. The Morgan fingerprint density at radius 1 is 1.33 bits per heavy atom. The number of hydrogen-bond donors (Lipinski definition) is 0. The van der Waals surface area contributed by atoms with Crippen LogP contribution in [0.3, 0.4) is 0 Å². The Morgan fingerprint density at radius 3 is 2.07 bits per heavy atom. The minimum absolute atomic E-state index is 0.233. The molecule has 92 valence electrons. The van der Waals surface area contributed by atoms with Crippen LogP contribution in [0, 0.1) is 0 Å². The quantitative estimate of drug-likeness (QED) is 0.708. The molecule has 0 fully saturated rings. The van der Waals surface area contributed by atoms with E-state index in [1.54, 1.807) is 12.0 Å². The van der Waals surface area contributed by atoms with Crippen LogP contribution >= 0.6 is 0 Å².